The molecule has 0 aliphatic heterocycles. The molecule has 0 radical (unpaired) electrons. The van der Waals surface area contributed by atoms with E-state index in [4.69, 9.17) is 23.2 Å². The molecule has 2 aliphatic carbocycles. The first-order chi connectivity index (χ1) is 11.2. The third kappa shape index (κ3) is 3.20. The van der Waals surface area contributed by atoms with Crippen LogP contribution in [0, 0.1) is 17.8 Å². The zero-order valence-electron chi connectivity index (χ0n) is 12.6. The van der Waals surface area contributed by atoms with E-state index >= 15 is 0 Å². The minimum Gasteiger partial charge on any atom is -0.310 e. The molecule has 3 atom stereocenters. The summed E-state index contributed by atoms with van der Waals surface area (Å²) in [7, 11) is 0. The Bertz CT molecular complexity index is 740. The van der Waals surface area contributed by atoms with Crippen molar-refractivity contribution in [3.05, 3.63) is 51.6 Å². The van der Waals surface area contributed by atoms with E-state index in [0.717, 1.165) is 46.3 Å². The highest BCUT2D eigenvalue weighted by Crippen LogP contribution is 2.43. The average Bonchev–Trinajstić information content (AvgIpc) is 3.26. The molecular formula is C18H18Cl2N2S. The van der Waals surface area contributed by atoms with Crippen molar-refractivity contribution < 1.29 is 0 Å². The summed E-state index contributed by atoms with van der Waals surface area (Å²) in [5.74, 6) is 2.43. The minimum atomic E-state index is 0.585. The van der Waals surface area contributed by atoms with E-state index in [9.17, 15) is 0 Å². The second kappa shape index (κ2) is 6.56. The highest BCUT2D eigenvalue weighted by molar-refractivity contribution is 7.15. The Morgan fingerprint density at radius 2 is 2.13 bits per heavy atom. The molecule has 2 nitrogen and oxygen atoms in total. The lowest BCUT2D eigenvalue weighted by Crippen LogP contribution is -2.24. The Kier molecular flexibility index (Phi) is 4.46. The van der Waals surface area contributed by atoms with Gasteiger partial charge < -0.3 is 5.32 Å². The third-order valence-corrected chi connectivity index (χ3v) is 6.72. The van der Waals surface area contributed by atoms with Crippen molar-refractivity contribution in [2.75, 3.05) is 6.54 Å². The molecular weight excluding hydrogens is 347 g/mol. The molecule has 0 saturated heterocycles. The summed E-state index contributed by atoms with van der Waals surface area (Å²) >= 11 is 14.1. The smallest absolute Gasteiger partial charge is 0.107 e. The van der Waals surface area contributed by atoms with Gasteiger partial charge in [0.25, 0.3) is 0 Å². The first kappa shape index (κ1) is 15.6. The molecule has 1 saturated carbocycles. The molecule has 1 aromatic heterocycles. The number of rotatable bonds is 5. The summed E-state index contributed by atoms with van der Waals surface area (Å²) in [6, 6.07) is 5.71. The van der Waals surface area contributed by atoms with Gasteiger partial charge in [-0.2, -0.15) is 0 Å². The maximum Gasteiger partial charge on any atom is 0.107 e. The largest absolute Gasteiger partial charge is 0.310 e. The second-order valence-electron chi connectivity index (χ2n) is 6.39. The monoisotopic (exact) mass is 364 g/mol. The van der Waals surface area contributed by atoms with Crippen LogP contribution in [-0.2, 0) is 6.54 Å². The Morgan fingerprint density at radius 1 is 1.22 bits per heavy atom. The number of thiazole rings is 1. The second-order valence-corrected chi connectivity index (χ2v) is 8.29. The summed E-state index contributed by atoms with van der Waals surface area (Å²) in [5.41, 5.74) is 0.959. The zero-order chi connectivity index (χ0) is 15.8. The van der Waals surface area contributed by atoms with Gasteiger partial charge in [0.1, 0.15) is 5.01 Å². The van der Waals surface area contributed by atoms with Gasteiger partial charge >= 0.3 is 0 Å². The predicted octanol–water partition coefficient (Wildman–Crippen LogP) is 5.42. The Hall–Kier alpha value is -0.870. The van der Waals surface area contributed by atoms with Crippen molar-refractivity contribution in [1.82, 2.24) is 10.3 Å². The van der Waals surface area contributed by atoms with Crippen LogP contribution in [0.5, 0.6) is 0 Å². The molecule has 5 heteroatoms. The highest BCUT2D eigenvalue weighted by atomic mass is 35.5. The van der Waals surface area contributed by atoms with Gasteiger partial charge in [-0.3, -0.25) is 0 Å². The van der Waals surface area contributed by atoms with E-state index in [1.165, 1.54) is 12.8 Å². The van der Waals surface area contributed by atoms with E-state index in [2.05, 4.69) is 22.5 Å². The van der Waals surface area contributed by atoms with Crippen LogP contribution < -0.4 is 5.32 Å². The number of benzene rings is 1. The number of allylic oxidation sites excluding steroid dienone is 2. The summed E-state index contributed by atoms with van der Waals surface area (Å²) in [5, 5.41) is 5.85. The van der Waals surface area contributed by atoms with Crippen molar-refractivity contribution >= 4 is 34.5 Å². The van der Waals surface area contributed by atoms with Crippen molar-refractivity contribution in [2.45, 2.75) is 19.4 Å². The van der Waals surface area contributed by atoms with Crippen LogP contribution in [-0.4, -0.2) is 11.5 Å². The fourth-order valence-electron chi connectivity index (χ4n) is 3.70. The van der Waals surface area contributed by atoms with Crippen molar-refractivity contribution in [3.63, 3.8) is 0 Å². The van der Waals surface area contributed by atoms with Gasteiger partial charge in [0, 0.05) is 18.3 Å². The number of halogens is 2. The van der Waals surface area contributed by atoms with Crippen LogP contribution in [0.1, 0.15) is 17.8 Å². The summed E-state index contributed by atoms with van der Waals surface area (Å²) in [6.45, 7) is 1.90. The normalized spacial score (nSPS) is 25.4. The van der Waals surface area contributed by atoms with Crippen LogP contribution in [0.4, 0.5) is 0 Å². The lowest BCUT2D eigenvalue weighted by Gasteiger charge is -2.18. The highest BCUT2D eigenvalue weighted by Gasteiger charge is 2.34. The molecule has 2 bridgehead atoms. The molecule has 1 aromatic carbocycles. The zero-order valence-corrected chi connectivity index (χ0v) is 15.0. The van der Waals surface area contributed by atoms with E-state index in [-0.39, 0.29) is 0 Å². The predicted molar refractivity (Wildman–Crippen MR) is 98.1 cm³/mol. The molecule has 3 unspecified atom stereocenters. The summed E-state index contributed by atoms with van der Waals surface area (Å²) in [6.07, 6.45) is 9.39. The molecule has 2 aliphatic rings. The Morgan fingerprint density at radius 3 is 2.91 bits per heavy atom. The topological polar surface area (TPSA) is 24.9 Å². The standard InChI is InChI=1S/C18H18Cl2N2S/c19-15-3-1-2-14(18(15)20)16-9-22-17(23-16)10-21-8-13-7-11-4-5-12(13)6-11/h1-5,9,11-13,21H,6-8,10H2. The third-order valence-electron chi connectivity index (χ3n) is 4.87. The first-order valence-electron chi connectivity index (χ1n) is 7.99. The molecule has 120 valence electrons. The van der Waals surface area contributed by atoms with Crippen LogP contribution in [0.3, 0.4) is 0 Å². The van der Waals surface area contributed by atoms with E-state index in [1.807, 2.05) is 18.3 Å². The lowest BCUT2D eigenvalue weighted by molar-refractivity contribution is 0.414. The first-order valence-corrected chi connectivity index (χ1v) is 9.56. The molecule has 1 N–H and O–H groups in total. The molecule has 2 aromatic rings. The summed E-state index contributed by atoms with van der Waals surface area (Å²) < 4.78 is 0. The number of hydrogen-bond acceptors (Lipinski definition) is 3. The van der Waals surface area contributed by atoms with Gasteiger partial charge in [0.15, 0.2) is 0 Å². The number of nitrogens with zero attached hydrogens (tertiary/aromatic N) is 1. The van der Waals surface area contributed by atoms with Crippen LogP contribution in [0.25, 0.3) is 10.4 Å². The quantitative estimate of drug-likeness (QED) is 0.716. The Labute approximate surface area is 150 Å². The number of aromatic nitrogens is 1. The van der Waals surface area contributed by atoms with Gasteiger partial charge in [-0.1, -0.05) is 47.5 Å². The molecule has 4 rings (SSSR count). The molecule has 1 heterocycles. The van der Waals surface area contributed by atoms with Crippen LogP contribution in [0.2, 0.25) is 10.0 Å². The summed E-state index contributed by atoms with van der Waals surface area (Å²) in [4.78, 5) is 5.58. The van der Waals surface area contributed by atoms with Gasteiger partial charge in [-0.05, 0) is 43.2 Å². The van der Waals surface area contributed by atoms with Crippen LogP contribution >= 0.6 is 34.5 Å². The van der Waals surface area contributed by atoms with Gasteiger partial charge in [0.2, 0.25) is 0 Å². The number of hydrogen-bond donors (Lipinski definition) is 1. The van der Waals surface area contributed by atoms with Gasteiger partial charge in [-0.25, -0.2) is 4.98 Å². The molecule has 1 fully saturated rings. The van der Waals surface area contributed by atoms with Crippen molar-refractivity contribution in [1.29, 1.82) is 0 Å². The van der Waals surface area contributed by atoms with E-state index in [0.29, 0.717) is 10.0 Å². The maximum atomic E-state index is 6.29. The van der Waals surface area contributed by atoms with Crippen LogP contribution in [0.15, 0.2) is 36.5 Å². The van der Waals surface area contributed by atoms with Gasteiger partial charge in [-0.15, -0.1) is 11.3 Å². The molecule has 0 spiro atoms. The Balaban J connectivity index is 1.37. The molecule has 23 heavy (non-hydrogen) atoms. The fourth-order valence-corrected chi connectivity index (χ4v) is 5.08. The van der Waals surface area contributed by atoms with E-state index < -0.39 is 0 Å². The number of fused-ring (bicyclic) bond motifs is 2. The average molecular weight is 365 g/mol. The van der Waals surface area contributed by atoms with Gasteiger partial charge in [0.05, 0.1) is 14.9 Å². The van der Waals surface area contributed by atoms with Crippen molar-refractivity contribution in [2.24, 2.45) is 17.8 Å². The minimum absolute atomic E-state index is 0.585. The van der Waals surface area contributed by atoms with E-state index in [1.54, 1.807) is 17.4 Å². The van der Waals surface area contributed by atoms with Crippen molar-refractivity contribution in [3.8, 4) is 10.4 Å². The lowest BCUT2D eigenvalue weighted by atomic mass is 9.94. The number of nitrogens with one attached hydrogen (secondary N) is 1. The fraction of sp³-hybridized carbons (Fsp3) is 0.389. The maximum absolute atomic E-state index is 6.29. The molecule has 0 amide bonds. The SMILES string of the molecule is Clc1cccc(-c2cnc(CNCC3CC4C=CC3C4)s2)c1Cl.